The molecule has 0 amide bonds. The van der Waals surface area contributed by atoms with Crippen molar-refractivity contribution in [3.63, 3.8) is 0 Å². The number of aliphatic imine (C=N–C) groups is 2. The Morgan fingerprint density at radius 3 is 3.40 bits per heavy atom. The van der Waals surface area contributed by atoms with Gasteiger partial charge in [0, 0.05) is 19.6 Å². The normalized spacial score (nSPS) is 28.7. The van der Waals surface area contributed by atoms with Crippen molar-refractivity contribution < 1.29 is 4.74 Å². The van der Waals surface area contributed by atoms with E-state index in [1.54, 1.807) is 0 Å². The van der Waals surface area contributed by atoms with Crippen LogP contribution in [0, 0.1) is 0 Å². The third-order valence-electron chi connectivity index (χ3n) is 1.49. The lowest BCUT2D eigenvalue weighted by molar-refractivity contribution is 0.252. The predicted octanol–water partition coefficient (Wildman–Crippen LogP) is 1.12. The number of rotatable bonds is 0. The van der Waals surface area contributed by atoms with Gasteiger partial charge in [-0.2, -0.15) is 0 Å². The summed E-state index contributed by atoms with van der Waals surface area (Å²) in [6.45, 7) is 1.84. The molecule has 1 atom stereocenters. The lowest BCUT2D eigenvalue weighted by atomic mass is 10.3. The van der Waals surface area contributed by atoms with Crippen LogP contribution in [0.3, 0.4) is 0 Å². The Bertz CT molecular complexity index is 240. The molecule has 0 aromatic rings. The first kappa shape index (κ1) is 5.65. The fourth-order valence-corrected chi connectivity index (χ4v) is 1.07. The molecular weight excluding hydrogens is 128 g/mol. The van der Waals surface area contributed by atoms with Crippen molar-refractivity contribution in [1.29, 1.82) is 0 Å². The van der Waals surface area contributed by atoms with Gasteiger partial charge in [-0.3, -0.25) is 0 Å². The van der Waals surface area contributed by atoms with Gasteiger partial charge >= 0.3 is 0 Å². The molecule has 0 bridgehead atoms. The molecule has 1 unspecified atom stereocenters. The van der Waals surface area contributed by atoms with Gasteiger partial charge in [0.15, 0.2) is 5.90 Å². The molecule has 3 heteroatoms. The molecule has 0 saturated heterocycles. The molecule has 52 valence electrons. The van der Waals surface area contributed by atoms with E-state index in [0.29, 0.717) is 0 Å². The van der Waals surface area contributed by atoms with Crippen LogP contribution in [-0.2, 0) is 4.74 Å². The van der Waals surface area contributed by atoms with Gasteiger partial charge in [-0.1, -0.05) is 6.08 Å². The summed E-state index contributed by atoms with van der Waals surface area (Å²) in [5, 5.41) is 0. The minimum Gasteiger partial charge on any atom is -0.450 e. The number of nitrogens with zero attached hydrogens (tertiary/aromatic N) is 2. The third-order valence-corrected chi connectivity index (χ3v) is 1.49. The Kier molecular flexibility index (Phi) is 1.09. The molecule has 2 rings (SSSR count). The number of hydrogen-bond acceptors (Lipinski definition) is 3. The highest BCUT2D eigenvalue weighted by Crippen LogP contribution is 2.20. The Morgan fingerprint density at radius 1 is 1.70 bits per heavy atom. The quantitative estimate of drug-likeness (QED) is 0.491. The molecule has 0 radical (unpaired) electrons. The second-order valence-electron chi connectivity index (χ2n) is 2.30. The molecule has 0 aromatic carbocycles. The molecule has 0 N–H and O–H groups in total. The Labute approximate surface area is 59.1 Å². The van der Waals surface area contributed by atoms with E-state index in [2.05, 4.69) is 9.98 Å². The molecule has 0 fully saturated rings. The van der Waals surface area contributed by atoms with Gasteiger partial charge in [-0.15, -0.1) is 0 Å². The predicted molar refractivity (Wildman–Crippen MR) is 39.2 cm³/mol. The monoisotopic (exact) mass is 136 g/mol. The van der Waals surface area contributed by atoms with E-state index in [9.17, 15) is 0 Å². The molecule has 0 saturated carbocycles. The second kappa shape index (κ2) is 1.94. The Balaban J connectivity index is 2.29. The van der Waals surface area contributed by atoms with Crippen LogP contribution >= 0.6 is 0 Å². The van der Waals surface area contributed by atoms with Crippen LogP contribution in [0.5, 0.6) is 0 Å². The van der Waals surface area contributed by atoms with E-state index in [0.717, 1.165) is 18.0 Å². The molecule has 10 heavy (non-hydrogen) atoms. The SMILES string of the molecule is CC1=NC2=CCC=NC2O1. The van der Waals surface area contributed by atoms with Crippen molar-refractivity contribution in [1.82, 2.24) is 0 Å². The first-order chi connectivity index (χ1) is 4.86. The Morgan fingerprint density at radius 2 is 2.60 bits per heavy atom. The molecule has 0 aromatic heterocycles. The number of allylic oxidation sites excluding steroid dienone is 1. The van der Waals surface area contributed by atoms with E-state index in [1.165, 1.54) is 0 Å². The minimum absolute atomic E-state index is 0.131. The van der Waals surface area contributed by atoms with Gasteiger partial charge in [0.25, 0.3) is 0 Å². The first-order valence-corrected chi connectivity index (χ1v) is 3.30. The summed E-state index contributed by atoms with van der Waals surface area (Å²) < 4.78 is 5.25. The van der Waals surface area contributed by atoms with Gasteiger partial charge in [0.1, 0.15) is 5.70 Å². The minimum atomic E-state index is -0.131. The number of dihydropyridines is 1. The zero-order chi connectivity index (χ0) is 6.97. The maximum absolute atomic E-state index is 5.25. The molecule has 2 aliphatic heterocycles. The van der Waals surface area contributed by atoms with E-state index >= 15 is 0 Å². The summed E-state index contributed by atoms with van der Waals surface area (Å²) in [5.74, 6) is 0.718. The van der Waals surface area contributed by atoms with Gasteiger partial charge in [-0.05, 0) is 0 Å². The lowest BCUT2D eigenvalue weighted by Crippen LogP contribution is -2.09. The van der Waals surface area contributed by atoms with E-state index in [-0.39, 0.29) is 6.23 Å². The molecule has 3 nitrogen and oxygen atoms in total. The topological polar surface area (TPSA) is 34.0 Å². The molecule has 0 spiro atoms. The Hall–Kier alpha value is -1.12. The fraction of sp³-hybridized carbons (Fsp3) is 0.429. The van der Waals surface area contributed by atoms with Gasteiger partial charge in [0.05, 0.1) is 0 Å². The number of fused-ring (bicyclic) bond motifs is 1. The van der Waals surface area contributed by atoms with Crippen LogP contribution in [0.1, 0.15) is 13.3 Å². The summed E-state index contributed by atoms with van der Waals surface area (Å²) in [5.41, 5.74) is 0.958. The van der Waals surface area contributed by atoms with Crippen LogP contribution in [0.15, 0.2) is 21.8 Å². The van der Waals surface area contributed by atoms with Gasteiger partial charge in [-0.25, -0.2) is 9.98 Å². The highest BCUT2D eigenvalue weighted by molar-refractivity contribution is 5.78. The summed E-state index contributed by atoms with van der Waals surface area (Å²) in [4.78, 5) is 8.26. The largest absolute Gasteiger partial charge is 0.450 e. The van der Waals surface area contributed by atoms with Crippen molar-refractivity contribution in [2.75, 3.05) is 0 Å². The standard InChI is InChI=1S/C7H8N2O/c1-5-9-6-3-2-4-8-7(6)10-5/h3-4,7H,2H2,1H3. The molecular formula is C7H8N2O. The van der Waals surface area contributed by atoms with E-state index in [4.69, 9.17) is 4.74 Å². The maximum atomic E-state index is 5.25. The van der Waals surface area contributed by atoms with E-state index < -0.39 is 0 Å². The zero-order valence-electron chi connectivity index (χ0n) is 5.74. The highest BCUT2D eigenvalue weighted by Gasteiger charge is 2.22. The van der Waals surface area contributed by atoms with Crippen molar-refractivity contribution in [3.8, 4) is 0 Å². The van der Waals surface area contributed by atoms with Gasteiger partial charge in [0.2, 0.25) is 6.23 Å². The van der Waals surface area contributed by atoms with E-state index in [1.807, 2.05) is 19.2 Å². The summed E-state index contributed by atoms with van der Waals surface area (Å²) in [7, 11) is 0. The van der Waals surface area contributed by atoms with Crippen LogP contribution in [-0.4, -0.2) is 18.3 Å². The van der Waals surface area contributed by atoms with Crippen molar-refractivity contribution in [3.05, 3.63) is 11.8 Å². The summed E-state index contributed by atoms with van der Waals surface area (Å²) in [6, 6.07) is 0. The fourth-order valence-electron chi connectivity index (χ4n) is 1.07. The van der Waals surface area contributed by atoms with Crippen LogP contribution < -0.4 is 0 Å². The summed E-state index contributed by atoms with van der Waals surface area (Å²) in [6.07, 6.45) is 4.64. The van der Waals surface area contributed by atoms with Crippen molar-refractivity contribution in [2.24, 2.45) is 9.98 Å². The zero-order valence-corrected chi connectivity index (χ0v) is 5.74. The number of ether oxygens (including phenoxy) is 1. The smallest absolute Gasteiger partial charge is 0.233 e. The summed E-state index contributed by atoms with van der Waals surface area (Å²) >= 11 is 0. The second-order valence-corrected chi connectivity index (χ2v) is 2.30. The number of hydrogen-bond donors (Lipinski definition) is 0. The molecule has 2 heterocycles. The van der Waals surface area contributed by atoms with Crippen LogP contribution in [0.4, 0.5) is 0 Å². The lowest BCUT2D eigenvalue weighted by Gasteiger charge is -2.07. The third kappa shape index (κ3) is 0.744. The average molecular weight is 136 g/mol. The molecule has 0 aliphatic carbocycles. The van der Waals surface area contributed by atoms with Crippen LogP contribution in [0.2, 0.25) is 0 Å². The highest BCUT2D eigenvalue weighted by atomic mass is 16.5. The average Bonchev–Trinajstić information content (AvgIpc) is 2.27. The van der Waals surface area contributed by atoms with Crippen molar-refractivity contribution in [2.45, 2.75) is 19.6 Å². The van der Waals surface area contributed by atoms with Crippen molar-refractivity contribution >= 4 is 12.1 Å². The van der Waals surface area contributed by atoms with Crippen LogP contribution in [0.25, 0.3) is 0 Å². The maximum Gasteiger partial charge on any atom is 0.233 e. The first-order valence-electron chi connectivity index (χ1n) is 3.30. The molecule has 2 aliphatic rings. The van der Waals surface area contributed by atoms with Gasteiger partial charge < -0.3 is 4.74 Å².